The molecule has 0 aromatic heterocycles. The lowest BCUT2D eigenvalue weighted by atomic mass is 10.0. The van der Waals surface area contributed by atoms with Gasteiger partial charge >= 0.3 is 0 Å². The normalized spacial score (nSPS) is 14.7. The van der Waals surface area contributed by atoms with Crippen molar-refractivity contribution in [1.82, 2.24) is 5.32 Å². The van der Waals surface area contributed by atoms with Crippen molar-refractivity contribution >= 4 is 17.5 Å². The summed E-state index contributed by atoms with van der Waals surface area (Å²) >= 11 is 0. The van der Waals surface area contributed by atoms with E-state index < -0.39 is 5.41 Å². The molecule has 1 fully saturated rings. The number of nitrogens with one attached hydrogen (secondary N) is 2. The molecule has 2 rings (SSSR count). The summed E-state index contributed by atoms with van der Waals surface area (Å²) < 4.78 is 0. The Morgan fingerprint density at radius 1 is 1.18 bits per heavy atom. The Labute approximate surface area is 130 Å². The molecule has 1 saturated carbocycles. The summed E-state index contributed by atoms with van der Waals surface area (Å²) in [7, 11) is 0. The lowest BCUT2D eigenvalue weighted by Crippen LogP contribution is -2.40. The maximum atomic E-state index is 12.3. The molecule has 0 spiro atoms. The van der Waals surface area contributed by atoms with Crippen molar-refractivity contribution in [2.24, 2.45) is 5.41 Å². The maximum Gasteiger partial charge on any atom is 0.240 e. The van der Waals surface area contributed by atoms with E-state index in [1.807, 2.05) is 6.07 Å². The zero-order valence-corrected chi connectivity index (χ0v) is 12.8. The average Bonchev–Trinajstić information content (AvgIpc) is 3.34. The fourth-order valence-electron chi connectivity index (χ4n) is 2.31. The monoisotopic (exact) mass is 299 g/mol. The zero-order chi connectivity index (χ0) is 16.0. The van der Waals surface area contributed by atoms with E-state index in [-0.39, 0.29) is 11.8 Å². The van der Waals surface area contributed by atoms with E-state index in [2.05, 4.69) is 17.6 Å². The molecule has 0 radical (unpaired) electrons. The van der Waals surface area contributed by atoms with Crippen molar-refractivity contribution in [3.8, 4) is 6.07 Å². The van der Waals surface area contributed by atoms with Gasteiger partial charge in [0.05, 0.1) is 11.6 Å². The van der Waals surface area contributed by atoms with Gasteiger partial charge in [-0.15, -0.1) is 0 Å². The van der Waals surface area contributed by atoms with Crippen molar-refractivity contribution < 1.29 is 9.59 Å². The van der Waals surface area contributed by atoms with Gasteiger partial charge < -0.3 is 10.6 Å². The Kier molecular flexibility index (Phi) is 5.16. The van der Waals surface area contributed by atoms with Gasteiger partial charge in [0.25, 0.3) is 0 Å². The molecule has 5 nitrogen and oxygen atoms in total. The summed E-state index contributed by atoms with van der Waals surface area (Å²) in [5, 5.41) is 14.4. The van der Waals surface area contributed by atoms with Crippen LogP contribution in [0.1, 0.15) is 44.6 Å². The van der Waals surface area contributed by atoms with E-state index >= 15 is 0 Å². The first-order valence-electron chi connectivity index (χ1n) is 7.72. The van der Waals surface area contributed by atoms with E-state index in [0.29, 0.717) is 30.6 Å². The minimum absolute atomic E-state index is 0.172. The van der Waals surface area contributed by atoms with Gasteiger partial charge in [-0.05, 0) is 43.5 Å². The number of benzene rings is 1. The molecule has 0 bridgehead atoms. The molecule has 0 unspecified atom stereocenters. The second-order valence-corrected chi connectivity index (χ2v) is 5.69. The highest BCUT2D eigenvalue weighted by Gasteiger charge is 2.56. The maximum absolute atomic E-state index is 12.3. The van der Waals surface area contributed by atoms with Crippen LogP contribution in [-0.4, -0.2) is 18.4 Å². The van der Waals surface area contributed by atoms with Crippen LogP contribution in [0.4, 0.5) is 5.69 Å². The SMILES string of the molecule is CCCCCNC(=O)C1(C(=O)Nc2ccc(C#N)cc2)CC1. The summed E-state index contributed by atoms with van der Waals surface area (Å²) in [6.45, 7) is 2.73. The summed E-state index contributed by atoms with van der Waals surface area (Å²) in [5.74, 6) is -0.431. The van der Waals surface area contributed by atoms with Crippen LogP contribution in [0, 0.1) is 16.7 Å². The molecule has 2 N–H and O–H groups in total. The minimum atomic E-state index is -0.903. The molecule has 0 heterocycles. The van der Waals surface area contributed by atoms with Gasteiger partial charge in [0.1, 0.15) is 5.41 Å². The molecular weight excluding hydrogens is 278 g/mol. The Hall–Kier alpha value is -2.35. The second-order valence-electron chi connectivity index (χ2n) is 5.69. The van der Waals surface area contributed by atoms with Crippen molar-refractivity contribution in [3.05, 3.63) is 29.8 Å². The number of nitriles is 1. The quantitative estimate of drug-likeness (QED) is 0.599. The van der Waals surface area contributed by atoms with Gasteiger partial charge in [0, 0.05) is 12.2 Å². The molecule has 1 aliphatic carbocycles. The van der Waals surface area contributed by atoms with Crippen LogP contribution < -0.4 is 10.6 Å². The van der Waals surface area contributed by atoms with Crippen LogP contribution in [0.2, 0.25) is 0 Å². The standard InChI is InChI=1S/C17H21N3O2/c1-2-3-4-11-19-15(21)17(9-10-17)16(22)20-14-7-5-13(12-18)6-8-14/h5-8H,2-4,9-11H2,1H3,(H,19,21)(H,20,22). The van der Waals surface area contributed by atoms with Gasteiger partial charge in [0.2, 0.25) is 11.8 Å². The molecular formula is C17H21N3O2. The molecule has 1 aliphatic rings. The van der Waals surface area contributed by atoms with Crippen molar-refractivity contribution in [2.45, 2.75) is 39.0 Å². The minimum Gasteiger partial charge on any atom is -0.355 e. The number of anilines is 1. The third kappa shape index (κ3) is 3.64. The molecule has 5 heteroatoms. The summed E-state index contributed by atoms with van der Waals surface area (Å²) in [4.78, 5) is 24.6. The molecule has 22 heavy (non-hydrogen) atoms. The fraction of sp³-hybridized carbons (Fsp3) is 0.471. The molecule has 0 atom stereocenters. The number of nitrogens with zero attached hydrogens (tertiary/aromatic N) is 1. The molecule has 1 aromatic carbocycles. The highest BCUT2D eigenvalue weighted by molar-refractivity contribution is 6.13. The zero-order valence-electron chi connectivity index (χ0n) is 12.8. The van der Waals surface area contributed by atoms with Crippen molar-refractivity contribution in [3.63, 3.8) is 0 Å². The van der Waals surface area contributed by atoms with Crippen LogP contribution in [0.15, 0.2) is 24.3 Å². The Morgan fingerprint density at radius 2 is 1.86 bits per heavy atom. The number of carbonyl (C=O) groups excluding carboxylic acids is 2. The first-order chi connectivity index (χ1) is 10.6. The van der Waals surface area contributed by atoms with Crippen LogP contribution >= 0.6 is 0 Å². The van der Waals surface area contributed by atoms with E-state index in [9.17, 15) is 9.59 Å². The van der Waals surface area contributed by atoms with Gasteiger partial charge in [-0.3, -0.25) is 9.59 Å². The number of hydrogen-bond acceptors (Lipinski definition) is 3. The van der Waals surface area contributed by atoms with Gasteiger partial charge in [-0.25, -0.2) is 0 Å². The van der Waals surface area contributed by atoms with E-state index in [0.717, 1.165) is 19.3 Å². The van der Waals surface area contributed by atoms with Gasteiger partial charge in [-0.2, -0.15) is 5.26 Å². The molecule has 0 saturated heterocycles. The lowest BCUT2D eigenvalue weighted by Gasteiger charge is -2.15. The topological polar surface area (TPSA) is 82.0 Å². The molecule has 1 aromatic rings. The first-order valence-corrected chi connectivity index (χ1v) is 7.72. The van der Waals surface area contributed by atoms with Crippen LogP contribution in [0.3, 0.4) is 0 Å². The fourth-order valence-corrected chi connectivity index (χ4v) is 2.31. The van der Waals surface area contributed by atoms with Crippen molar-refractivity contribution in [2.75, 3.05) is 11.9 Å². The largest absolute Gasteiger partial charge is 0.355 e. The Morgan fingerprint density at radius 3 is 2.41 bits per heavy atom. The van der Waals surface area contributed by atoms with E-state index in [1.54, 1.807) is 24.3 Å². The summed E-state index contributed by atoms with van der Waals surface area (Å²) in [6.07, 6.45) is 4.30. The molecule has 0 aliphatic heterocycles. The van der Waals surface area contributed by atoms with Crippen LogP contribution in [-0.2, 0) is 9.59 Å². The third-order valence-electron chi connectivity index (χ3n) is 3.96. The van der Waals surface area contributed by atoms with Crippen LogP contribution in [0.25, 0.3) is 0 Å². The average molecular weight is 299 g/mol. The smallest absolute Gasteiger partial charge is 0.240 e. The van der Waals surface area contributed by atoms with E-state index in [4.69, 9.17) is 5.26 Å². The number of unbranched alkanes of at least 4 members (excludes halogenated alkanes) is 2. The first kappa shape index (κ1) is 16.0. The number of hydrogen-bond donors (Lipinski definition) is 2. The highest BCUT2D eigenvalue weighted by Crippen LogP contribution is 2.46. The van der Waals surface area contributed by atoms with E-state index in [1.165, 1.54) is 0 Å². The van der Waals surface area contributed by atoms with Gasteiger partial charge in [-0.1, -0.05) is 19.8 Å². The predicted octanol–water partition coefficient (Wildman–Crippen LogP) is 2.58. The Balaban J connectivity index is 1.90. The highest BCUT2D eigenvalue weighted by atomic mass is 16.2. The Bertz CT molecular complexity index is 583. The summed E-state index contributed by atoms with van der Waals surface area (Å²) in [6, 6.07) is 8.65. The molecule has 2 amide bonds. The summed E-state index contributed by atoms with van der Waals surface area (Å²) in [5.41, 5.74) is 0.238. The number of amides is 2. The lowest BCUT2D eigenvalue weighted by molar-refractivity contribution is -0.134. The van der Waals surface area contributed by atoms with Gasteiger partial charge in [0.15, 0.2) is 0 Å². The number of rotatable bonds is 7. The van der Waals surface area contributed by atoms with Crippen LogP contribution in [0.5, 0.6) is 0 Å². The predicted molar refractivity (Wildman–Crippen MR) is 84.0 cm³/mol. The second kappa shape index (κ2) is 7.08. The molecule has 116 valence electrons. The van der Waals surface area contributed by atoms with Crippen molar-refractivity contribution in [1.29, 1.82) is 5.26 Å². The third-order valence-corrected chi connectivity index (χ3v) is 3.96. The number of carbonyl (C=O) groups is 2.